The molecule has 0 radical (unpaired) electrons. The van der Waals surface area contributed by atoms with Gasteiger partial charge >= 0.3 is 7.12 Å². The summed E-state index contributed by atoms with van der Waals surface area (Å²) in [5.41, 5.74) is 2.62. The number of aromatic hydroxyl groups is 1. The van der Waals surface area contributed by atoms with Gasteiger partial charge in [0, 0.05) is 6.04 Å². The van der Waals surface area contributed by atoms with E-state index >= 15 is 0 Å². The van der Waals surface area contributed by atoms with Crippen molar-refractivity contribution in [1.29, 1.82) is 0 Å². The minimum Gasteiger partial charge on any atom is -0.504 e. The van der Waals surface area contributed by atoms with Crippen molar-refractivity contribution in [1.82, 2.24) is 4.90 Å². The number of methoxy groups -OCH3 is 1. The van der Waals surface area contributed by atoms with Gasteiger partial charge in [0.1, 0.15) is 0 Å². The van der Waals surface area contributed by atoms with Crippen LogP contribution in [0, 0.1) is 27.2 Å². The lowest BCUT2D eigenvalue weighted by molar-refractivity contribution is -0.143. The zero-order chi connectivity index (χ0) is 25.0. The molecule has 0 bridgehead atoms. The van der Waals surface area contributed by atoms with Crippen LogP contribution in [0.3, 0.4) is 0 Å². The van der Waals surface area contributed by atoms with Gasteiger partial charge in [0.05, 0.1) is 28.6 Å². The highest BCUT2D eigenvalue weighted by Gasteiger charge is 2.59. The molecule has 188 valence electrons. The van der Waals surface area contributed by atoms with Gasteiger partial charge in [0.2, 0.25) is 11.8 Å². The summed E-state index contributed by atoms with van der Waals surface area (Å²) < 4.78 is 12.1. The fourth-order valence-electron chi connectivity index (χ4n) is 6.78. The molecule has 1 aromatic carbocycles. The Labute approximate surface area is 220 Å². The second-order valence-corrected chi connectivity index (χ2v) is 11.8. The summed E-state index contributed by atoms with van der Waals surface area (Å²) in [5.74, 6) is -0.630. The zero-order valence-corrected chi connectivity index (χ0v) is 22.7. The average molecular weight is 593 g/mol. The molecule has 2 N–H and O–H groups in total. The Hall–Kier alpha value is -1.59. The maximum absolute atomic E-state index is 13.8. The van der Waals surface area contributed by atoms with E-state index in [9.17, 15) is 19.7 Å². The first kappa shape index (κ1) is 25.1. The lowest BCUT2D eigenvalue weighted by Crippen LogP contribution is -2.46. The van der Waals surface area contributed by atoms with Crippen molar-refractivity contribution in [3.05, 3.63) is 32.3 Å². The summed E-state index contributed by atoms with van der Waals surface area (Å²) >= 11 is 2.04. The molecule has 0 unspecified atom stereocenters. The molecule has 1 aromatic rings. The molecule has 2 aliphatic carbocycles. The van der Waals surface area contributed by atoms with Crippen molar-refractivity contribution in [3.8, 4) is 11.5 Å². The van der Waals surface area contributed by atoms with Crippen LogP contribution >= 0.6 is 22.6 Å². The van der Waals surface area contributed by atoms with Crippen LogP contribution in [0.5, 0.6) is 11.5 Å². The average Bonchev–Trinajstić information content (AvgIpc) is 3.10. The minimum absolute atomic E-state index is 0.00352. The standard InChI is InChI=1S/C26H33BINO6/c1-13(2)16-11-18-22(26(32)29(25(18)31)15-7-5-4-6-8-15)17-12-20(35-27(33)23(16)17)14-9-19(28)24(30)21(10-14)34-3/h9-10,13,15,17-18,20,22,30,33H,4-8,11-12H2,1-3H3/t17-,18-,20-,22+/m0/s1. The van der Waals surface area contributed by atoms with Crippen molar-refractivity contribution in [3.63, 3.8) is 0 Å². The third-order valence-electron chi connectivity index (χ3n) is 8.46. The van der Waals surface area contributed by atoms with Crippen LogP contribution in [0.2, 0.25) is 0 Å². The van der Waals surface area contributed by atoms with Gasteiger partial charge < -0.3 is 19.5 Å². The van der Waals surface area contributed by atoms with Crippen LogP contribution in [0.4, 0.5) is 0 Å². The molecule has 35 heavy (non-hydrogen) atoms. The number of benzene rings is 1. The molecule has 2 aliphatic heterocycles. The Kier molecular flexibility index (Phi) is 6.95. The maximum atomic E-state index is 13.8. The maximum Gasteiger partial charge on any atom is 0.487 e. The van der Waals surface area contributed by atoms with Gasteiger partial charge in [0.25, 0.3) is 0 Å². The minimum atomic E-state index is -1.14. The van der Waals surface area contributed by atoms with Crippen LogP contribution in [0.15, 0.2) is 23.2 Å². The second kappa shape index (κ2) is 9.70. The number of imide groups is 1. The van der Waals surface area contributed by atoms with E-state index in [0.29, 0.717) is 22.2 Å². The number of phenols is 1. The molecule has 9 heteroatoms. The number of carbonyl (C=O) groups excluding carboxylic acids is 2. The Bertz CT molecular complexity index is 1070. The lowest BCUT2D eigenvalue weighted by atomic mass is 9.54. The third-order valence-corrected chi connectivity index (χ3v) is 9.28. The van der Waals surface area contributed by atoms with E-state index in [4.69, 9.17) is 9.39 Å². The molecule has 4 atom stereocenters. The lowest BCUT2D eigenvalue weighted by Gasteiger charge is -2.43. The van der Waals surface area contributed by atoms with E-state index in [-0.39, 0.29) is 41.4 Å². The molecular formula is C26H33BINO6. The number of hydrogen-bond donors (Lipinski definition) is 2. The molecular weight excluding hydrogens is 560 g/mol. The monoisotopic (exact) mass is 593 g/mol. The summed E-state index contributed by atoms with van der Waals surface area (Å²) in [7, 11) is 0.358. The van der Waals surface area contributed by atoms with E-state index in [1.54, 1.807) is 11.0 Å². The van der Waals surface area contributed by atoms with E-state index < -0.39 is 19.1 Å². The fraction of sp³-hybridized carbons (Fsp3) is 0.615. The third kappa shape index (κ3) is 4.21. The number of halogens is 1. The number of rotatable bonds is 4. The molecule has 3 fully saturated rings. The summed E-state index contributed by atoms with van der Waals surface area (Å²) in [6.45, 7) is 4.15. The van der Waals surface area contributed by atoms with E-state index in [1.165, 1.54) is 7.11 Å². The number of allylic oxidation sites excluding steroid dienone is 2. The highest BCUT2D eigenvalue weighted by atomic mass is 127. The first-order chi connectivity index (χ1) is 16.7. The van der Waals surface area contributed by atoms with Gasteiger partial charge in [-0.05, 0) is 83.3 Å². The van der Waals surface area contributed by atoms with Crippen LogP contribution in [0.1, 0.15) is 70.5 Å². The number of ether oxygens (including phenoxy) is 1. The molecule has 4 aliphatic rings. The molecule has 7 nitrogen and oxygen atoms in total. The normalized spacial score (nSPS) is 29.7. The number of amides is 2. The molecule has 0 spiro atoms. The predicted molar refractivity (Wildman–Crippen MR) is 139 cm³/mol. The van der Waals surface area contributed by atoms with Crippen LogP contribution in [-0.4, -0.2) is 47.1 Å². The first-order valence-electron chi connectivity index (χ1n) is 12.7. The van der Waals surface area contributed by atoms with Gasteiger partial charge in [-0.2, -0.15) is 0 Å². The molecule has 2 heterocycles. The van der Waals surface area contributed by atoms with Gasteiger partial charge in [-0.1, -0.05) is 38.7 Å². The second-order valence-electron chi connectivity index (χ2n) is 10.7. The Morgan fingerprint density at radius 1 is 1.14 bits per heavy atom. The van der Waals surface area contributed by atoms with Gasteiger partial charge in [0.15, 0.2) is 11.5 Å². The van der Waals surface area contributed by atoms with Gasteiger partial charge in [-0.25, -0.2) is 0 Å². The highest BCUT2D eigenvalue weighted by molar-refractivity contribution is 14.1. The number of nitrogens with zero attached hydrogens (tertiary/aromatic N) is 1. The van der Waals surface area contributed by atoms with Crippen LogP contribution in [0.25, 0.3) is 0 Å². The van der Waals surface area contributed by atoms with E-state index in [1.807, 2.05) is 28.7 Å². The largest absolute Gasteiger partial charge is 0.504 e. The number of fused-ring (bicyclic) bond motifs is 3. The van der Waals surface area contributed by atoms with Crippen molar-refractivity contribution in [2.24, 2.45) is 23.7 Å². The molecule has 2 amide bonds. The summed E-state index contributed by atoms with van der Waals surface area (Å²) in [6.07, 6.45) is 5.56. The van der Waals surface area contributed by atoms with Crippen LogP contribution < -0.4 is 4.74 Å². The summed E-state index contributed by atoms with van der Waals surface area (Å²) in [5, 5.41) is 21.5. The number of phenolic OH excluding ortho intramolecular Hbond substituents is 1. The van der Waals surface area contributed by atoms with Crippen LogP contribution in [-0.2, 0) is 14.2 Å². The van der Waals surface area contributed by atoms with Crippen molar-refractivity contribution in [2.75, 3.05) is 7.11 Å². The van der Waals surface area contributed by atoms with Crippen molar-refractivity contribution in [2.45, 2.75) is 70.9 Å². The Morgan fingerprint density at radius 3 is 2.51 bits per heavy atom. The molecule has 2 saturated heterocycles. The fourth-order valence-corrected chi connectivity index (χ4v) is 7.40. The quantitative estimate of drug-likeness (QED) is 0.306. The molecule has 1 saturated carbocycles. The van der Waals surface area contributed by atoms with Gasteiger partial charge in [-0.15, -0.1) is 0 Å². The Balaban J connectivity index is 1.53. The van der Waals surface area contributed by atoms with E-state index in [2.05, 4.69) is 13.8 Å². The zero-order valence-electron chi connectivity index (χ0n) is 20.5. The van der Waals surface area contributed by atoms with E-state index in [0.717, 1.165) is 48.7 Å². The summed E-state index contributed by atoms with van der Waals surface area (Å²) in [6, 6.07) is 3.55. The van der Waals surface area contributed by atoms with Gasteiger partial charge in [-0.3, -0.25) is 14.5 Å². The topological polar surface area (TPSA) is 96.3 Å². The first-order valence-corrected chi connectivity index (χ1v) is 13.8. The Morgan fingerprint density at radius 2 is 1.86 bits per heavy atom. The summed E-state index contributed by atoms with van der Waals surface area (Å²) in [4.78, 5) is 29.1. The SMILES string of the molecule is COc1cc([C@@H]2C[C@@H]3C(=C(C(C)C)C[C@@H]4C(=O)N(C5CCCCC5)C(=O)[C@@H]43)B(O)O2)cc(I)c1O. The highest BCUT2D eigenvalue weighted by Crippen LogP contribution is 2.53. The number of carbonyl (C=O) groups is 2. The predicted octanol–water partition coefficient (Wildman–Crippen LogP) is 4.39. The molecule has 0 aromatic heterocycles. The number of likely N-dealkylation sites (tertiary alicyclic amines) is 1. The number of hydrogen-bond acceptors (Lipinski definition) is 6. The smallest absolute Gasteiger partial charge is 0.487 e. The van der Waals surface area contributed by atoms with Crippen molar-refractivity contribution < 1.29 is 29.1 Å². The van der Waals surface area contributed by atoms with Crippen molar-refractivity contribution >= 4 is 41.5 Å². The molecule has 5 rings (SSSR count).